The lowest BCUT2D eigenvalue weighted by atomic mass is 10.3. The predicted octanol–water partition coefficient (Wildman–Crippen LogP) is 1.53. The van der Waals surface area contributed by atoms with Crippen LogP contribution in [0.3, 0.4) is 0 Å². The van der Waals surface area contributed by atoms with Gasteiger partial charge in [0.2, 0.25) is 5.56 Å². The molecule has 12 heavy (non-hydrogen) atoms. The fourth-order valence-corrected chi connectivity index (χ4v) is 1.47. The van der Waals surface area contributed by atoms with Crippen LogP contribution in [0.1, 0.15) is 0 Å². The molecular formula is C8H5IN2O. The number of aromatic amines is 1. The molecule has 2 rings (SSSR count). The number of rotatable bonds is 0. The van der Waals surface area contributed by atoms with Crippen molar-refractivity contribution in [2.24, 2.45) is 0 Å². The van der Waals surface area contributed by atoms with Gasteiger partial charge in [0.05, 0.1) is 5.52 Å². The van der Waals surface area contributed by atoms with Gasteiger partial charge >= 0.3 is 0 Å². The molecule has 0 unspecified atom stereocenters. The molecule has 0 aliphatic rings. The van der Waals surface area contributed by atoms with Crippen molar-refractivity contribution < 1.29 is 0 Å². The first-order valence-corrected chi connectivity index (χ1v) is 4.48. The van der Waals surface area contributed by atoms with Gasteiger partial charge in [-0.1, -0.05) is 0 Å². The number of aromatic nitrogens is 2. The van der Waals surface area contributed by atoms with Crippen LogP contribution < -0.4 is 5.56 Å². The average Bonchev–Trinajstić information content (AvgIpc) is 2.03. The van der Waals surface area contributed by atoms with E-state index in [4.69, 9.17) is 0 Å². The summed E-state index contributed by atoms with van der Waals surface area (Å²) in [5, 5.41) is 0.954. The van der Waals surface area contributed by atoms with E-state index in [-0.39, 0.29) is 5.56 Å². The van der Waals surface area contributed by atoms with E-state index in [2.05, 4.69) is 32.6 Å². The first-order valence-electron chi connectivity index (χ1n) is 3.40. The Morgan fingerprint density at radius 3 is 3.08 bits per heavy atom. The van der Waals surface area contributed by atoms with Crippen molar-refractivity contribution in [3.63, 3.8) is 0 Å². The maximum Gasteiger partial charge on any atom is 0.248 e. The third-order valence-electron chi connectivity index (χ3n) is 1.57. The maximum absolute atomic E-state index is 10.9. The Labute approximate surface area is 82.0 Å². The molecule has 0 fully saturated rings. The van der Waals surface area contributed by atoms with Gasteiger partial charge in [-0.25, -0.2) is 4.98 Å². The molecule has 2 heterocycles. The van der Waals surface area contributed by atoms with Crippen molar-refractivity contribution in [3.8, 4) is 0 Å². The summed E-state index contributed by atoms with van der Waals surface area (Å²) in [7, 11) is 0. The number of hydrogen-bond donors (Lipinski definition) is 1. The lowest BCUT2D eigenvalue weighted by molar-refractivity contribution is 1.25. The molecule has 0 aliphatic carbocycles. The largest absolute Gasteiger partial charge is 0.322 e. The summed E-state index contributed by atoms with van der Waals surface area (Å²) in [5.74, 6) is 0. The van der Waals surface area contributed by atoms with E-state index in [1.165, 1.54) is 6.07 Å². The van der Waals surface area contributed by atoms with Crippen molar-refractivity contribution in [2.75, 3.05) is 0 Å². The third-order valence-corrected chi connectivity index (χ3v) is 2.16. The number of hydrogen-bond acceptors (Lipinski definition) is 2. The SMILES string of the molecule is O=c1ccc2cnc(I)cc2[nH]1. The summed E-state index contributed by atoms with van der Waals surface area (Å²) < 4.78 is 0.877. The summed E-state index contributed by atoms with van der Waals surface area (Å²) in [6, 6.07) is 5.10. The molecule has 2 aromatic heterocycles. The minimum atomic E-state index is -0.0792. The van der Waals surface area contributed by atoms with Crippen molar-refractivity contribution in [2.45, 2.75) is 0 Å². The molecule has 0 atom stereocenters. The zero-order valence-corrected chi connectivity index (χ0v) is 8.20. The first-order chi connectivity index (χ1) is 5.75. The second-order valence-corrected chi connectivity index (χ2v) is 3.52. The van der Waals surface area contributed by atoms with E-state index < -0.39 is 0 Å². The van der Waals surface area contributed by atoms with Crippen LogP contribution in [-0.2, 0) is 0 Å². The normalized spacial score (nSPS) is 10.4. The Morgan fingerprint density at radius 1 is 1.42 bits per heavy atom. The van der Waals surface area contributed by atoms with Gasteiger partial charge in [0.15, 0.2) is 0 Å². The highest BCUT2D eigenvalue weighted by Gasteiger charge is 1.94. The Bertz CT molecular complexity index is 478. The molecule has 0 aromatic carbocycles. The smallest absolute Gasteiger partial charge is 0.248 e. The van der Waals surface area contributed by atoms with Crippen LogP contribution in [0.25, 0.3) is 10.9 Å². The fraction of sp³-hybridized carbons (Fsp3) is 0. The van der Waals surface area contributed by atoms with Crippen LogP contribution in [0.2, 0.25) is 0 Å². The molecule has 0 aliphatic heterocycles. The van der Waals surface area contributed by atoms with Gasteiger partial charge in [-0.05, 0) is 34.7 Å². The van der Waals surface area contributed by atoms with Gasteiger partial charge in [-0.2, -0.15) is 0 Å². The molecule has 2 aromatic rings. The third kappa shape index (κ3) is 1.34. The molecule has 60 valence electrons. The lowest BCUT2D eigenvalue weighted by Crippen LogP contribution is -2.02. The number of nitrogens with zero attached hydrogens (tertiary/aromatic N) is 1. The number of pyridine rings is 2. The van der Waals surface area contributed by atoms with Crippen LogP contribution in [0.4, 0.5) is 0 Å². The summed E-state index contributed by atoms with van der Waals surface area (Å²) in [5.41, 5.74) is 0.756. The van der Waals surface area contributed by atoms with Crippen LogP contribution >= 0.6 is 22.6 Å². The molecule has 4 heteroatoms. The quantitative estimate of drug-likeness (QED) is 0.584. The highest BCUT2D eigenvalue weighted by atomic mass is 127. The van der Waals surface area contributed by atoms with Gasteiger partial charge in [0.1, 0.15) is 3.70 Å². The monoisotopic (exact) mass is 272 g/mol. The summed E-state index contributed by atoms with van der Waals surface area (Å²) in [6.45, 7) is 0. The van der Waals surface area contributed by atoms with Crippen molar-refractivity contribution in [1.29, 1.82) is 0 Å². The van der Waals surface area contributed by atoms with Crippen molar-refractivity contribution in [1.82, 2.24) is 9.97 Å². The summed E-state index contributed by atoms with van der Waals surface area (Å²) in [4.78, 5) is 17.7. The fourth-order valence-electron chi connectivity index (χ4n) is 1.02. The van der Waals surface area contributed by atoms with E-state index in [1.807, 2.05) is 6.07 Å². The number of fused-ring (bicyclic) bond motifs is 1. The van der Waals surface area contributed by atoms with Crippen molar-refractivity contribution in [3.05, 3.63) is 38.5 Å². The Balaban J connectivity index is 2.89. The first kappa shape index (κ1) is 7.72. The molecule has 0 radical (unpaired) electrons. The molecule has 0 saturated heterocycles. The van der Waals surface area contributed by atoms with E-state index in [1.54, 1.807) is 12.3 Å². The highest BCUT2D eigenvalue weighted by Crippen LogP contribution is 2.09. The standard InChI is InChI=1S/C8H5IN2O/c9-7-3-6-5(4-10-7)1-2-8(12)11-6/h1-4H,(H,11,12). The van der Waals surface area contributed by atoms with E-state index in [9.17, 15) is 4.79 Å². The topological polar surface area (TPSA) is 45.8 Å². The summed E-state index contributed by atoms with van der Waals surface area (Å²) >= 11 is 2.11. The van der Waals surface area contributed by atoms with Gasteiger partial charge in [0, 0.05) is 17.6 Å². The zero-order valence-electron chi connectivity index (χ0n) is 6.04. The molecule has 1 N–H and O–H groups in total. The van der Waals surface area contributed by atoms with Crippen LogP contribution in [0.5, 0.6) is 0 Å². The maximum atomic E-state index is 10.9. The minimum absolute atomic E-state index is 0.0792. The Morgan fingerprint density at radius 2 is 2.25 bits per heavy atom. The predicted molar refractivity (Wildman–Crippen MR) is 55.1 cm³/mol. The number of H-pyrrole nitrogens is 1. The lowest BCUT2D eigenvalue weighted by Gasteiger charge is -1.95. The van der Waals surface area contributed by atoms with Gasteiger partial charge in [-0.15, -0.1) is 0 Å². The van der Waals surface area contributed by atoms with E-state index in [0.717, 1.165) is 14.6 Å². The second kappa shape index (κ2) is 2.85. The van der Waals surface area contributed by atoms with Gasteiger partial charge < -0.3 is 4.98 Å². The molecule has 0 amide bonds. The average molecular weight is 272 g/mol. The number of halogens is 1. The molecule has 0 saturated carbocycles. The van der Waals surface area contributed by atoms with E-state index in [0.29, 0.717) is 0 Å². The van der Waals surface area contributed by atoms with Gasteiger partial charge in [-0.3, -0.25) is 4.79 Å². The minimum Gasteiger partial charge on any atom is -0.322 e. The Kier molecular flexibility index (Phi) is 1.84. The van der Waals surface area contributed by atoms with E-state index >= 15 is 0 Å². The summed E-state index contributed by atoms with van der Waals surface area (Å²) in [6.07, 6.45) is 1.74. The molecule has 3 nitrogen and oxygen atoms in total. The molecule has 0 bridgehead atoms. The van der Waals surface area contributed by atoms with Crippen molar-refractivity contribution >= 4 is 33.5 Å². The molecular weight excluding hydrogens is 267 g/mol. The Hall–Kier alpha value is -0.910. The second-order valence-electron chi connectivity index (χ2n) is 2.42. The molecule has 0 spiro atoms. The van der Waals surface area contributed by atoms with Crippen LogP contribution in [0, 0.1) is 3.70 Å². The van der Waals surface area contributed by atoms with Crippen LogP contribution in [-0.4, -0.2) is 9.97 Å². The highest BCUT2D eigenvalue weighted by molar-refractivity contribution is 14.1. The number of nitrogens with one attached hydrogen (secondary N) is 1. The van der Waals surface area contributed by atoms with Crippen LogP contribution in [0.15, 0.2) is 29.2 Å². The van der Waals surface area contributed by atoms with Gasteiger partial charge in [0.25, 0.3) is 0 Å². The zero-order chi connectivity index (χ0) is 8.55.